The molecule has 0 N–H and O–H groups in total. The Bertz CT molecular complexity index is 496. The molecule has 4 nitrogen and oxygen atoms in total. The summed E-state index contributed by atoms with van der Waals surface area (Å²) < 4.78 is 4.72. The van der Waals surface area contributed by atoms with E-state index in [4.69, 9.17) is 4.74 Å². The number of carbonyl (C=O) groups excluding carboxylic acids is 2. The van der Waals surface area contributed by atoms with Crippen molar-refractivity contribution < 1.29 is 14.3 Å². The van der Waals surface area contributed by atoms with Crippen molar-refractivity contribution in [3.8, 4) is 0 Å². The summed E-state index contributed by atoms with van der Waals surface area (Å²) in [6.45, 7) is 3.26. The lowest BCUT2D eigenvalue weighted by atomic mass is 9.93. The van der Waals surface area contributed by atoms with E-state index in [1.807, 2.05) is 30.0 Å². The first kappa shape index (κ1) is 13.6. The SMILES string of the molecule is CCC(=O)N1CCc2c(CC(=O)OC)cccc2C1. The van der Waals surface area contributed by atoms with Crippen LogP contribution >= 0.6 is 0 Å². The first-order valence-corrected chi connectivity index (χ1v) is 6.60. The number of esters is 1. The highest BCUT2D eigenvalue weighted by molar-refractivity contribution is 5.76. The Morgan fingerprint density at radius 2 is 2.16 bits per heavy atom. The lowest BCUT2D eigenvalue weighted by Gasteiger charge is -2.30. The Kier molecular flexibility index (Phi) is 4.20. The molecule has 2 rings (SSSR count). The molecule has 0 saturated carbocycles. The van der Waals surface area contributed by atoms with Gasteiger partial charge >= 0.3 is 5.97 Å². The van der Waals surface area contributed by atoms with Gasteiger partial charge in [0, 0.05) is 19.5 Å². The summed E-state index contributed by atoms with van der Waals surface area (Å²) in [6.07, 6.45) is 1.66. The maximum atomic E-state index is 11.7. The Morgan fingerprint density at radius 1 is 1.37 bits per heavy atom. The fourth-order valence-corrected chi connectivity index (χ4v) is 2.52. The number of amides is 1. The number of fused-ring (bicyclic) bond motifs is 1. The van der Waals surface area contributed by atoms with E-state index in [2.05, 4.69) is 0 Å². The van der Waals surface area contributed by atoms with E-state index in [0.29, 0.717) is 19.4 Å². The van der Waals surface area contributed by atoms with E-state index >= 15 is 0 Å². The Morgan fingerprint density at radius 3 is 2.84 bits per heavy atom. The third-order valence-electron chi connectivity index (χ3n) is 3.58. The lowest BCUT2D eigenvalue weighted by Crippen LogP contribution is -2.36. The average Bonchev–Trinajstić information content (AvgIpc) is 2.46. The maximum absolute atomic E-state index is 11.7. The van der Waals surface area contributed by atoms with Gasteiger partial charge in [-0.2, -0.15) is 0 Å². The van der Waals surface area contributed by atoms with E-state index in [1.165, 1.54) is 12.7 Å². The quantitative estimate of drug-likeness (QED) is 0.778. The summed E-state index contributed by atoms with van der Waals surface area (Å²) in [7, 11) is 1.40. The lowest BCUT2D eigenvalue weighted by molar-refractivity contribution is -0.139. The van der Waals surface area contributed by atoms with Gasteiger partial charge in [-0.15, -0.1) is 0 Å². The van der Waals surface area contributed by atoms with E-state index in [-0.39, 0.29) is 11.9 Å². The second-order valence-corrected chi connectivity index (χ2v) is 4.73. The van der Waals surface area contributed by atoms with Gasteiger partial charge in [-0.3, -0.25) is 9.59 Å². The summed E-state index contributed by atoms with van der Waals surface area (Å²) in [4.78, 5) is 25.0. The van der Waals surface area contributed by atoms with Gasteiger partial charge in [-0.1, -0.05) is 25.1 Å². The van der Waals surface area contributed by atoms with Gasteiger partial charge < -0.3 is 9.64 Å². The molecule has 0 unspecified atom stereocenters. The van der Waals surface area contributed by atoms with Gasteiger partial charge in [-0.05, 0) is 23.1 Å². The zero-order valence-electron chi connectivity index (χ0n) is 11.4. The van der Waals surface area contributed by atoms with Crippen molar-refractivity contribution in [3.63, 3.8) is 0 Å². The van der Waals surface area contributed by atoms with Gasteiger partial charge in [0.15, 0.2) is 0 Å². The third-order valence-corrected chi connectivity index (χ3v) is 3.58. The zero-order chi connectivity index (χ0) is 13.8. The van der Waals surface area contributed by atoms with Crippen molar-refractivity contribution in [1.82, 2.24) is 4.90 Å². The number of hydrogen-bond acceptors (Lipinski definition) is 3. The second kappa shape index (κ2) is 5.87. The monoisotopic (exact) mass is 261 g/mol. The van der Waals surface area contributed by atoms with Crippen LogP contribution in [-0.4, -0.2) is 30.4 Å². The molecule has 0 bridgehead atoms. The molecular formula is C15H19NO3. The fraction of sp³-hybridized carbons (Fsp3) is 0.467. The fourth-order valence-electron chi connectivity index (χ4n) is 2.52. The van der Waals surface area contributed by atoms with E-state index < -0.39 is 0 Å². The molecule has 0 spiro atoms. The number of methoxy groups -OCH3 is 1. The van der Waals surface area contributed by atoms with Gasteiger partial charge in [0.05, 0.1) is 13.5 Å². The maximum Gasteiger partial charge on any atom is 0.309 e. The molecule has 1 heterocycles. The first-order chi connectivity index (χ1) is 9.15. The molecule has 0 atom stereocenters. The standard InChI is InChI=1S/C15H19NO3/c1-3-14(17)16-8-7-13-11(9-15(18)19-2)5-4-6-12(13)10-16/h4-6H,3,7-10H2,1-2H3. The Labute approximate surface area is 113 Å². The highest BCUT2D eigenvalue weighted by Gasteiger charge is 2.21. The Hall–Kier alpha value is -1.84. The Balaban J connectivity index is 2.21. The third kappa shape index (κ3) is 2.95. The topological polar surface area (TPSA) is 46.6 Å². The van der Waals surface area contributed by atoms with E-state index in [1.54, 1.807) is 0 Å². The van der Waals surface area contributed by atoms with E-state index in [0.717, 1.165) is 24.1 Å². The molecule has 0 radical (unpaired) electrons. The molecule has 0 aromatic heterocycles. The molecule has 4 heteroatoms. The van der Waals surface area contributed by atoms with Crippen LogP contribution in [0.1, 0.15) is 30.0 Å². The van der Waals surface area contributed by atoms with Crippen LogP contribution in [0.3, 0.4) is 0 Å². The number of benzene rings is 1. The number of rotatable bonds is 3. The van der Waals surface area contributed by atoms with Crippen LogP contribution in [0.15, 0.2) is 18.2 Å². The molecule has 1 aliphatic rings. The van der Waals surface area contributed by atoms with Crippen LogP contribution in [0.25, 0.3) is 0 Å². The summed E-state index contributed by atoms with van der Waals surface area (Å²) >= 11 is 0. The highest BCUT2D eigenvalue weighted by atomic mass is 16.5. The van der Waals surface area contributed by atoms with Crippen molar-refractivity contribution in [1.29, 1.82) is 0 Å². The minimum absolute atomic E-state index is 0.184. The minimum atomic E-state index is -0.222. The molecule has 102 valence electrons. The van der Waals surface area contributed by atoms with Crippen molar-refractivity contribution in [2.75, 3.05) is 13.7 Å². The number of nitrogens with zero attached hydrogens (tertiary/aromatic N) is 1. The largest absolute Gasteiger partial charge is 0.469 e. The molecular weight excluding hydrogens is 242 g/mol. The summed E-state index contributed by atoms with van der Waals surface area (Å²) in [5.74, 6) is -0.0375. The average molecular weight is 261 g/mol. The van der Waals surface area contributed by atoms with Crippen molar-refractivity contribution >= 4 is 11.9 Å². The molecule has 1 aromatic carbocycles. The van der Waals surface area contributed by atoms with E-state index in [9.17, 15) is 9.59 Å². The van der Waals surface area contributed by atoms with Crippen molar-refractivity contribution in [2.24, 2.45) is 0 Å². The van der Waals surface area contributed by atoms with Crippen LogP contribution in [0, 0.1) is 0 Å². The zero-order valence-corrected chi connectivity index (χ0v) is 11.4. The predicted octanol–water partition coefficient (Wildman–Crippen LogP) is 1.70. The normalized spacial score (nSPS) is 13.9. The first-order valence-electron chi connectivity index (χ1n) is 6.60. The predicted molar refractivity (Wildman–Crippen MR) is 71.6 cm³/mol. The molecule has 19 heavy (non-hydrogen) atoms. The van der Waals surface area contributed by atoms with Crippen molar-refractivity contribution in [3.05, 3.63) is 34.9 Å². The van der Waals surface area contributed by atoms with Gasteiger partial charge in [0.1, 0.15) is 0 Å². The number of hydrogen-bond donors (Lipinski definition) is 0. The van der Waals surface area contributed by atoms with Crippen LogP contribution in [-0.2, 0) is 33.7 Å². The molecule has 0 aliphatic carbocycles. The molecule has 1 aromatic rings. The molecule has 1 aliphatic heterocycles. The summed E-state index contributed by atoms with van der Waals surface area (Å²) in [6, 6.07) is 5.94. The summed E-state index contributed by atoms with van der Waals surface area (Å²) in [5.41, 5.74) is 3.37. The van der Waals surface area contributed by atoms with Gasteiger partial charge in [0.25, 0.3) is 0 Å². The van der Waals surface area contributed by atoms with Crippen LogP contribution in [0.5, 0.6) is 0 Å². The highest BCUT2D eigenvalue weighted by Crippen LogP contribution is 2.23. The molecule has 1 amide bonds. The smallest absolute Gasteiger partial charge is 0.309 e. The summed E-state index contributed by atoms with van der Waals surface area (Å²) in [5, 5.41) is 0. The number of carbonyl (C=O) groups is 2. The minimum Gasteiger partial charge on any atom is -0.469 e. The van der Waals surface area contributed by atoms with Crippen LogP contribution in [0.2, 0.25) is 0 Å². The molecule has 0 fully saturated rings. The number of ether oxygens (including phenoxy) is 1. The van der Waals surface area contributed by atoms with Gasteiger partial charge in [0.2, 0.25) is 5.91 Å². The van der Waals surface area contributed by atoms with Gasteiger partial charge in [-0.25, -0.2) is 0 Å². The van der Waals surface area contributed by atoms with Crippen LogP contribution < -0.4 is 0 Å². The van der Waals surface area contributed by atoms with Crippen molar-refractivity contribution in [2.45, 2.75) is 32.7 Å². The second-order valence-electron chi connectivity index (χ2n) is 4.73. The van der Waals surface area contributed by atoms with Crippen LogP contribution in [0.4, 0.5) is 0 Å². The molecule has 0 saturated heterocycles.